The van der Waals surface area contributed by atoms with Gasteiger partial charge in [-0.15, -0.1) is 0 Å². The predicted octanol–water partition coefficient (Wildman–Crippen LogP) is 0.540. The molecule has 1 aliphatic heterocycles. The number of anilines is 1. The first-order valence-electron chi connectivity index (χ1n) is 7.31. The molecule has 120 valence electrons. The molecule has 0 saturated carbocycles. The lowest BCUT2D eigenvalue weighted by Crippen LogP contribution is -2.43. The fraction of sp³-hybridized carbons (Fsp3) is 0.533. The summed E-state index contributed by atoms with van der Waals surface area (Å²) in [4.78, 5) is 29.8. The maximum absolute atomic E-state index is 12.3. The molecule has 2 amide bonds. The number of nitrogens with zero attached hydrogens (tertiary/aromatic N) is 2. The van der Waals surface area contributed by atoms with E-state index in [1.54, 1.807) is 12.3 Å². The van der Waals surface area contributed by atoms with Crippen LogP contribution in [0.3, 0.4) is 0 Å². The molecule has 22 heavy (non-hydrogen) atoms. The zero-order chi connectivity index (χ0) is 15.9. The molecule has 7 nitrogen and oxygen atoms in total. The Kier molecular flexibility index (Phi) is 5.85. The first-order chi connectivity index (χ1) is 10.7. The van der Waals surface area contributed by atoms with Crippen LogP contribution in [0, 0.1) is 0 Å². The van der Waals surface area contributed by atoms with Gasteiger partial charge < -0.3 is 20.1 Å². The Balaban J connectivity index is 2.00. The van der Waals surface area contributed by atoms with E-state index in [0.29, 0.717) is 24.2 Å². The molecule has 0 aliphatic carbocycles. The largest absolute Gasteiger partial charge is 0.392 e. The number of methoxy groups -OCH3 is 1. The molecule has 1 unspecified atom stereocenters. The fourth-order valence-corrected chi connectivity index (χ4v) is 2.48. The van der Waals surface area contributed by atoms with E-state index >= 15 is 0 Å². The van der Waals surface area contributed by atoms with Crippen molar-refractivity contribution in [2.45, 2.75) is 32.0 Å². The summed E-state index contributed by atoms with van der Waals surface area (Å²) in [7, 11) is 1.51. The highest BCUT2D eigenvalue weighted by Crippen LogP contribution is 2.16. The summed E-state index contributed by atoms with van der Waals surface area (Å²) in [6.07, 6.45) is 4.99. The number of nitrogens with one attached hydrogen (secondary N) is 1. The lowest BCUT2D eigenvalue weighted by Gasteiger charge is -2.23. The molecule has 0 spiro atoms. The zero-order valence-corrected chi connectivity index (χ0v) is 12.6. The van der Waals surface area contributed by atoms with Crippen molar-refractivity contribution in [2.24, 2.45) is 0 Å². The molecule has 0 aromatic carbocycles. The Bertz CT molecular complexity index is 535. The maximum Gasteiger partial charge on any atom is 0.252 e. The van der Waals surface area contributed by atoms with Crippen LogP contribution in [0.1, 0.15) is 24.8 Å². The van der Waals surface area contributed by atoms with Crippen molar-refractivity contribution in [1.82, 2.24) is 9.88 Å². The van der Waals surface area contributed by atoms with Gasteiger partial charge in [0.2, 0.25) is 5.91 Å². The molecule has 2 rings (SSSR count). The van der Waals surface area contributed by atoms with Crippen molar-refractivity contribution in [3.8, 4) is 0 Å². The van der Waals surface area contributed by atoms with Crippen LogP contribution in [0.15, 0.2) is 18.5 Å². The molecule has 1 saturated heterocycles. The van der Waals surface area contributed by atoms with Crippen molar-refractivity contribution in [2.75, 3.05) is 25.5 Å². The van der Waals surface area contributed by atoms with Crippen LogP contribution in [0.4, 0.5) is 5.69 Å². The number of carbonyl (C=O) groups is 2. The molecule has 1 aromatic rings. The van der Waals surface area contributed by atoms with Gasteiger partial charge in [0.25, 0.3) is 5.91 Å². The number of ether oxygens (including phenoxy) is 1. The first kappa shape index (κ1) is 16.4. The molecule has 0 radical (unpaired) electrons. The Morgan fingerprint density at radius 3 is 3.09 bits per heavy atom. The summed E-state index contributed by atoms with van der Waals surface area (Å²) < 4.78 is 5.18. The molecule has 0 bridgehead atoms. The van der Waals surface area contributed by atoms with E-state index < -0.39 is 6.10 Å². The van der Waals surface area contributed by atoms with E-state index in [0.717, 1.165) is 12.8 Å². The summed E-state index contributed by atoms with van der Waals surface area (Å²) >= 11 is 0. The van der Waals surface area contributed by atoms with Crippen LogP contribution in [-0.4, -0.2) is 53.1 Å². The molecule has 1 aliphatic rings. The normalized spacial score (nSPS) is 18.9. The van der Waals surface area contributed by atoms with Gasteiger partial charge in [-0.1, -0.05) is 0 Å². The van der Waals surface area contributed by atoms with Crippen molar-refractivity contribution in [3.63, 3.8) is 0 Å². The number of hydrogen-bond acceptors (Lipinski definition) is 5. The number of aliphatic hydroxyl groups is 1. The summed E-state index contributed by atoms with van der Waals surface area (Å²) in [5.74, 6) is -0.462. The van der Waals surface area contributed by atoms with Crippen LogP contribution in [-0.2, 0) is 20.9 Å². The number of hydrogen-bond donors (Lipinski definition) is 2. The predicted molar refractivity (Wildman–Crippen MR) is 80.0 cm³/mol. The molecule has 1 fully saturated rings. The van der Waals surface area contributed by atoms with Crippen molar-refractivity contribution in [1.29, 1.82) is 0 Å². The number of aromatic nitrogens is 1. The van der Waals surface area contributed by atoms with Crippen molar-refractivity contribution in [3.05, 3.63) is 24.0 Å². The zero-order valence-electron chi connectivity index (χ0n) is 12.6. The molecule has 1 aromatic heterocycles. The van der Waals surface area contributed by atoms with Crippen LogP contribution in [0.25, 0.3) is 0 Å². The molecular weight excluding hydrogens is 286 g/mol. The number of aliphatic hydroxyl groups excluding tert-OH is 1. The summed E-state index contributed by atoms with van der Waals surface area (Å²) in [6, 6.07) is 1.63. The van der Waals surface area contributed by atoms with E-state index in [2.05, 4.69) is 10.3 Å². The quantitative estimate of drug-likeness (QED) is 0.828. The highest BCUT2D eigenvalue weighted by atomic mass is 16.5. The third-order valence-electron chi connectivity index (χ3n) is 3.71. The highest BCUT2D eigenvalue weighted by molar-refractivity contribution is 5.95. The van der Waals surface area contributed by atoms with Gasteiger partial charge >= 0.3 is 0 Å². The van der Waals surface area contributed by atoms with Gasteiger partial charge in [0.15, 0.2) is 0 Å². The van der Waals surface area contributed by atoms with Crippen LogP contribution in [0.2, 0.25) is 0 Å². The SMILES string of the molecule is COC1CCCCN(CC(=O)Nc2cnccc2CO)C1=O. The summed E-state index contributed by atoms with van der Waals surface area (Å²) in [5, 5.41) is 11.9. The Morgan fingerprint density at radius 2 is 2.36 bits per heavy atom. The van der Waals surface area contributed by atoms with E-state index in [1.807, 2.05) is 0 Å². The number of carbonyl (C=O) groups excluding carboxylic acids is 2. The van der Waals surface area contributed by atoms with E-state index in [4.69, 9.17) is 4.74 Å². The lowest BCUT2D eigenvalue weighted by atomic mass is 10.2. The van der Waals surface area contributed by atoms with E-state index in [-0.39, 0.29) is 25.0 Å². The van der Waals surface area contributed by atoms with Crippen LogP contribution in [0.5, 0.6) is 0 Å². The average molecular weight is 307 g/mol. The smallest absolute Gasteiger partial charge is 0.252 e. The van der Waals surface area contributed by atoms with Crippen molar-refractivity contribution >= 4 is 17.5 Å². The monoisotopic (exact) mass is 307 g/mol. The minimum Gasteiger partial charge on any atom is -0.392 e. The third kappa shape index (κ3) is 4.02. The van der Waals surface area contributed by atoms with Gasteiger partial charge in [0, 0.05) is 25.4 Å². The number of likely N-dealkylation sites (tertiary alicyclic amines) is 1. The summed E-state index contributed by atoms with van der Waals surface area (Å²) in [6.45, 7) is 0.330. The van der Waals surface area contributed by atoms with Crippen LogP contribution < -0.4 is 5.32 Å². The first-order valence-corrected chi connectivity index (χ1v) is 7.31. The third-order valence-corrected chi connectivity index (χ3v) is 3.71. The second-order valence-electron chi connectivity index (χ2n) is 5.22. The average Bonchev–Trinajstić information content (AvgIpc) is 2.70. The van der Waals surface area contributed by atoms with E-state index in [1.165, 1.54) is 18.2 Å². The molecule has 7 heteroatoms. The highest BCUT2D eigenvalue weighted by Gasteiger charge is 2.28. The molecule has 2 heterocycles. The van der Waals surface area contributed by atoms with Gasteiger partial charge in [-0.05, 0) is 25.3 Å². The Hall–Kier alpha value is -1.99. The Labute approximate surface area is 129 Å². The van der Waals surface area contributed by atoms with E-state index in [9.17, 15) is 14.7 Å². The molecule has 2 N–H and O–H groups in total. The Morgan fingerprint density at radius 1 is 1.55 bits per heavy atom. The number of rotatable bonds is 5. The summed E-state index contributed by atoms with van der Waals surface area (Å²) in [5.41, 5.74) is 1.04. The van der Waals surface area contributed by atoms with Gasteiger partial charge in [-0.2, -0.15) is 0 Å². The number of amides is 2. The van der Waals surface area contributed by atoms with Gasteiger partial charge in [0.05, 0.1) is 25.0 Å². The van der Waals surface area contributed by atoms with Gasteiger partial charge in [0.1, 0.15) is 6.10 Å². The second-order valence-corrected chi connectivity index (χ2v) is 5.22. The number of pyridine rings is 1. The maximum atomic E-state index is 12.3. The van der Waals surface area contributed by atoms with Crippen LogP contribution >= 0.6 is 0 Å². The fourth-order valence-electron chi connectivity index (χ4n) is 2.48. The minimum absolute atomic E-state index is 0.0293. The standard InChI is InChI=1S/C15H21N3O4/c1-22-13-4-2-3-7-18(15(13)21)9-14(20)17-12-8-16-6-5-11(12)10-19/h5-6,8,13,19H,2-4,7,9-10H2,1H3,(H,17,20). The lowest BCUT2D eigenvalue weighted by molar-refractivity contribution is -0.143. The topological polar surface area (TPSA) is 91.8 Å². The molecule has 1 atom stereocenters. The van der Waals surface area contributed by atoms with Gasteiger partial charge in [-0.3, -0.25) is 14.6 Å². The van der Waals surface area contributed by atoms with Gasteiger partial charge in [-0.25, -0.2) is 0 Å². The van der Waals surface area contributed by atoms with Crippen molar-refractivity contribution < 1.29 is 19.4 Å². The minimum atomic E-state index is -0.471. The molecular formula is C15H21N3O4. The second kappa shape index (κ2) is 7.86.